The molecule has 0 aliphatic carbocycles. The Balaban J connectivity index is 1.78. The normalized spacial score (nSPS) is 10.9. The number of primary amides is 1. The van der Waals surface area contributed by atoms with E-state index in [0.29, 0.717) is 17.9 Å². The number of amides is 2. The summed E-state index contributed by atoms with van der Waals surface area (Å²) in [5.41, 5.74) is 6.14. The predicted molar refractivity (Wildman–Crippen MR) is 100 cm³/mol. The van der Waals surface area contributed by atoms with E-state index in [-0.39, 0.29) is 29.4 Å². The molecule has 3 N–H and O–H groups in total. The number of hydrogen-bond acceptors (Lipinski definition) is 7. The Kier molecular flexibility index (Phi) is 5.12. The number of nitrogens with zero attached hydrogens (tertiary/aromatic N) is 7. The predicted octanol–water partition coefficient (Wildman–Crippen LogP) is 0.678. The van der Waals surface area contributed by atoms with Gasteiger partial charge in [0.2, 0.25) is 0 Å². The second kappa shape index (κ2) is 7.53. The van der Waals surface area contributed by atoms with Gasteiger partial charge in [0.1, 0.15) is 18.1 Å². The van der Waals surface area contributed by atoms with Crippen molar-refractivity contribution in [2.24, 2.45) is 5.73 Å². The fourth-order valence-electron chi connectivity index (χ4n) is 2.83. The van der Waals surface area contributed by atoms with Crippen LogP contribution in [0.2, 0.25) is 0 Å². The average molecular weight is 401 g/mol. The third-order valence-corrected chi connectivity index (χ3v) is 4.25. The summed E-state index contributed by atoms with van der Waals surface area (Å²) in [5.74, 6) is -1.31. The van der Waals surface area contributed by atoms with E-state index in [1.54, 1.807) is 20.0 Å². The molecule has 0 fully saturated rings. The van der Waals surface area contributed by atoms with Crippen molar-refractivity contribution in [2.75, 3.05) is 5.32 Å². The maximum atomic E-state index is 12.5. The molecule has 0 saturated carbocycles. The van der Waals surface area contributed by atoms with Crippen LogP contribution < -0.4 is 11.1 Å². The third kappa shape index (κ3) is 3.83. The average Bonchev–Trinajstić information content (AvgIpc) is 3.33. The van der Waals surface area contributed by atoms with Crippen LogP contribution in [0.5, 0.6) is 0 Å². The van der Waals surface area contributed by atoms with Crippen molar-refractivity contribution in [3.63, 3.8) is 0 Å². The molecule has 0 radical (unpaired) electrons. The van der Waals surface area contributed by atoms with Gasteiger partial charge in [-0.2, -0.15) is 15.3 Å². The maximum Gasteiger partial charge on any atom is 0.312 e. The minimum Gasteiger partial charge on any atom is -0.364 e. The minimum absolute atomic E-state index is 0.0467. The molecule has 3 rings (SSSR count). The second-order valence-corrected chi connectivity index (χ2v) is 6.22. The van der Waals surface area contributed by atoms with Crippen LogP contribution in [-0.2, 0) is 13.2 Å². The molecule has 13 heteroatoms. The zero-order valence-corrected chi connectivity index (χ0v) is 16.0. The van der Waals surface area contributed by atoms with Gasteiger partial charge in [-0.15, -0.1) is 0 Å². The van der Waals surface area contributed by atoms with Crippen molar-refractivity contribution in [3.8, 4) is 0 Å². The molecule has 2 amide bonds. The van der Waals surface area contributed by atoms with Crippen LogP contribution >= 0.6 is 0 Å². The standard InChI is InChI=1S/C16H19N9O4/c1-4-22-7-12(13(21-22)15(17)26)18-16(27)11-5-6-23(20-11)8-24-10(3)14(25(28)29)9(2)19-24/h5-7H,4,8H2,1-3H3,(H2,17,26)(H,18,27). The SMILES string of the molecule is CCn1cc(NC(=O)c2ccn(Cn3nc(C)c([N+](=O)[O-])c3C)n2)c(C(N)=O)n1. The molecule has 0 unspecified atom stereocenters. The summed E-state index contributed by atoms with van der Waals surface area (Å²) >= 11 is 0. The molecule has 3 aromatic heterocycles. The number of carbonyl (C=O) groups excluding carboxylic acids is 2. The van der Waals surface area contributed by atoms with E-state index in [1.165, 1.54) is 26.3 Å². The van der Waals surface area contributed by atoms with Gasteiger partial charge in [-0.1, -0.05) is 0 Å². The Morgan fingerprint density at radius 2 is 1.97 bits per heavy atom. The molecule has 0 aromatic carbocycles. The zero-order valence-electron chi connectivity index (χ0n) is 16.0. The number of rotatable bonds is 7. The minimum atomic E-state index is -0.760. The lowest BCUT2D eigenvalue weighted by molar-refractivity contribution is -0.386. The monoisotopic (exact) mass is 401 g/mol. The first-order chi connectivity index (χ1) is 13.7. The molecule has 0 aliphatic rings. The van der Waals surface area contributed by atoms with E-state index < -0.39 is 16.7 Å². The molecule has 0 atom stereocenters. The first-order valence-corrected chi connectivity index (χ1v) is 8.61. The van der Waals surface area contributed by atoms with Crippen molar-refractivity contribution >= 4 is 23.2 Å². The Hall–Kier alpha value is -4.03. The molecule has 0 aliphatic heterocycles. The number of nitrogens with one attached hydrogen (secondary N) is 1. The molecule has 0 saturated heterocycles. The van der Waals surface area contributed by atoms with Crippen LogP contribution in [0.4, 0.5) is 11.4 Å². The number of carbonyl (C=O) groups is 2. The molecular formula is C16H19N9O4. The molecule has 152 valence electrons. The smallest absolute Gasteiger partial charge is 0.312 e. The largest absolute Gasteiger partial charge is 0.364 e. The summed E-state index contributed by atoms with van der Waals surface area (Å²) in [6.45, 7) is 5.56. The second-order valence-electron chi connectivity index (χ2n) is 6.22. The van der Waals surface area contributed by atoms with Crippen LogP contribution in [0.25, 0.3) is 0 Å². The maximum absolute atomic E-state index is 12.5. The Bertz CT molecular complexity index is 1110. The van der Waals surface area contributed by atoms with E-state index >= 15 is 0 Å². The van der Waals surface area contributed by atoms with Crippen molar-refractivity contribution in [1.82, 2.24) is 29.3 Å². The molecule has 0 spiro atoms. The lowest BCUT2D eigenvalue weighted by Crippen LogP contribution is -2.19. The van der Waals surface area contributed by atoms with Gasteiger partial charge in [0.05, 0.1) is 10.6 Å². The van der Waals surface area contributed by atoms with Gasteiger partial charge in [0.15, 0.2) is 11.4 Å². The number of hydrogen-bond donors (Lipinski definition) is 2. The van der Waals surface area contributed by atoms with E-state index in [2.05, 4.69) is 20.6 Å². The van der Waals surface area contributed by atoms with Crippen molar-refractivity contribution in [3.05, 3.63) is 51.4 Å². The number of nitro groups is 1. The summed E-state index contributed by atoms with van der Waals surface area (Å²) in [5, 5.41) is 26.0. The highest BCUT2D eigenvalue weighted by atomic mass is 16.6. The van der Waals surface area contributed by atoms with Gasteiger partial charge in [-0.3, -0.25) is 29.1 Å². The van der Waals surface area contributed by atoms with Crippen LogP contribution in [0.3, 0.4) is 0 Å². The lowest BCUT2D eigenvalue weighted by atomic mass is 10.3. The molecular weight excluding hydrogens is 382 g/mol. The van der Waals surface area contributed by atoms with E-state index in [4.69, 9.17) is 5.73 Å². The molecule has 0 bridgehead atoms. The van der Waals surface area contributed by atoms with Crippen LogP contribution in [0.15, 0.2) is 18.5 Å². The number of anilines is 1. The molecule has 3 heterocycles. The topological polar surface area (TPSA) is 169 Å². The third-order valence-electron chi connectivity index (χ3n) is 4.25. The quantitative estimate of drug-likeness (QED) is 0.433. The van der Waals surface area contributed by atoms with Gasteiger partial charge in [0, 0.05) is 18.9 Å². The summed E-state index contributed by atoms with van der Waals surface area (Å²) in [6, 6.07) is 1.48. The molecule has 29 heavy (non-hydrogen) atoms. The number of aryl methyl sites for hydroxylation is 2. The van der Waals surface area contributed by atoms with Crippen LogP contribution in [0.1, 0.15) is 39.3 Å². The molecule has 13 nitrogen and oxygen atoms in total. The first-order valence-electron chi connectivity index (χ1n) is 8.61. The highest BCUT2D eigenvalue weighted by Crippen LogP contribution is 2.21. The summed E-state index contributed by atoms with van der Waals surface area (Å²) < 4.78 is 4.32. The van der Waals surface area contributed by atoms with Crippen LogP contribution in [-0.4, -0.2) is 46.1 Å². The van der Waals surface area contributed by atoms with E-state index in [9.17, 15) is 19.7 Å². The van der Waals surface area contributed by atoms with Gasteiger partial charge < -0.3 is 11.1 Å². The van der Waals surface area contributed by atoms with Gasteiger partial charge >= 0.3 is 5.69 Å². The zero-order chi connectivity index (χ0) is 21.3. The fraction of sp³-hybridized carbons (Fsp3) is 0.312. The lowest BCUT2D eigenvalue weighted by Gasteiger charge is -2.04. The Labute approximate surface area is 164 Å². The molecule has 3 aromatic rings. The van der Waals surface area contributed by atoms with E-state index in [0.717, 1.165) is 0 Å². The Morgan fingerprint density at radius 3 is 2.55 bits per heavy atom. The van der Waals surface area contributed by atoms with Crippen molar-refractivity contribution < 1.29 is 14.5 Å². The fourth-order valence-corrected chi connectivity index (χ4v) is 2.83. The van der Waals surface area contributed by atoms with E-state index in [1.807, 2.05) is 6.92 Å². The van der Waals surface area contributed by atoms with Gasteiger partial charge in [0.25, 0.3) is 11.8 Å². The first kappa shape index (κ1) is 19.7. The van der Waals surface area contributed by atoms with Gasteiger partial charge in [-0.05, 0) is 26.8 Å². The van der Waals surface area contributed by atoms with Gasteiger partial charge in [-0.25, -0.2) is 4.68 Å². The summed E-state index contributed by atoms with van der Waals surface area (Å²) in [7, 11) is 0. The highest BCUT2D eigenvalue weighted by Gasteiger charge is 2.22. The number of nitrogens with two attached hydrogens (primary N) is 1. The Morgan fingerprint density at radius 1 is 1.24 bits per heavy atom. The highest BCUT2D eigenvalue weighted by molar-refractivity contribution is 6.06. The number of aromatic nitrogens is 6. The summed E-state index contributed by atoms with van der Waals surface area (Å²) in [4.78, 5) is 34.6. The van der Waals surface area contributed by atoms with Crippen molar-refractivity contribution in [2.45, 2.75) is 34.0 Å². The van der Waals surface area contributed by atoms with Crippen molar-refractivity contribution in [1.29, 1.82) is 0 Å². The summed E-state index contributed by atoms with van der Waals surface area (Å²) in [6.07, 6.45) is 3.05. The van der Waals surface area contributed by atoms with Crippen LogP contribution in [0, 0.1) is 24.0 Å².